The SMILES string of the molecule is c1cc2cc3cc4ccc5cc(cc1c5c24)CCCc1cc2ccc4cc(cc5ccc(c1)c2c45)CCC3. The molecule has 38 heavy (non-hydrogen) atoms. The Kier molecular flexibility index (Phi) is 4.21. The number of hydrogen-bond acceptors (Lipinski definition) is 0. The highest BCUT2D eigenvalue weighted by Crippen LogP contribution is 2.38. The molecule has 0 nitrogen and oxygen atoms in total. The van der Waals surface area contributed by atoms with E-state index in [1.807, 2.05) is 0 Å². The molecule has 0 spiro atoms. The summed E-state index contributed by atoms with van der Waals surface area (Å²) in [5.41, 5.74) is 5.80. The molecule has 0 aromatic heterocycles. The molecular weight excluding hydrogens is 456 g/mol. The molecule has 0 heterocycles. The first-order valence-corrected chi connectivity index (χ1v) is 14.2. The van der Waals surface area contributed by atoms with Crippen molar-refractivity contribution in [2.75, 3.05) is 0 Å². The van der Waals surface area contributed by atoms with E-state index in [4.69, 9.17) is 0 Å². The summed E-state index contributed by atoms with van der Waals surface area (Å²) in [4.78, 5) is 0. The van der Waals surface area contributed by atoms with Crippen LogP contribution in [-0.4, -0.2) is 0 Å². The normalized spacial score (nSPS) is 14.7. The second-order valence-corrected chi connectivity index (χ2v) is 11.6. The van der Waals surface area contributed by atoms with Crippen LogP contribution in [0.2, 0.25) is 0 Å². The third kappa shape index (κ3) is 3.04. The first-order chi connectivity index (χ1) is 18.8. The van der Waals surface area contributed by atoms with E-state index in [2.05, 4.69) is 97.1 Å². The predicted octanol–water partition coefficient (Wildman–Crippen LogP) is 10.1. The second-order valence-electron chi connectivity index (χ2n) is 11.6. The topological polar surface area (TPSA) is 0 Å². The summed E-state index contributed by atoms with van der Waals surface area (Å²) < 4.78 is 0. The van der Waals surface area contributed by atoms with Crippen LogP contribution in [-0.2, 0) is 25.7 Å². The van der Waals surface area contributed by atoms with Gasteiger partial charge in [0.15, 0.2) is 0 Å². The predicted molar refractivity (Wildman–Crippen MR) is 164 cm³/mol. The van der Waals surface area contributed by atoms with Gasteiger partial charge >= 0.3 is 0 Å². The Hall–Kier alpha value is -4.16. The van der Waals surface area contributed by atoms with E-state index in [0.29, 0.717) is 0 Å². The fourth-order valence-corrected chi connectivity index (χ4v) is 7.50. The van der Waals surface area contributed by atoms with E-state index in [-0.39, 0.29) is 0 Å². The third-order valence-electron chi connectivity index (χ3n) is 9.17. The molecule has 180 valence electrons. The Morgan fingerprint density at radius 1 is 0.263 bits per heavy atom. The van der Waals surface area contributed by atoms with E-state index < -0.39 is 0 Å². The molecule has 11 aliphatic rings. The van der Waals surface area contributed by atoms with Gasteiger partial charge in [-0.3, -0.25) is 0 Å². The summed E-state index contributed by atoms with van der Waals surface area (Å²) in [5.74, 6) is 0. The van der Waals surface area contributed by atoms with Gasteiger partial charge in [0.25, 0.3) is 0 Å². The van der Waals surface area contributed by atoms with Crippen LogP contribution < -0.4 is 0 Å². The van der Waals surface area contributed by atoms with E-state index in [1.165, 1.54) is 86.9 Å². The van der Waals surface area contributed by atoms with Crippen LogP contribution in [0, 0.1) is 0 Å². The van der Waals surface area contributed by atoms with Crippen LogP contribution in [0.1, 0.15) is 35.1 Å². The minimum atomic E-state index is 1.11. The van der Waals surface area contributed by atoms with Gasteiger partial charge < -0.3 is 0 Å². The maximum absolute atomic E-state index is 2.44. The van der Waals surface area contributed by atoms with Crippen molar-refractivity contribution < 1.29 is 0 Å². The molecule has 0 amide bonds. The summed E-state index contributed by atoms with van der Waals surface area (Å²) in [6, 6.07) is 38.3. The summed E-state index contributed by atoms with van der Waals surface area (Å²) in [7, 11) is 0. The van der Waals surface area contributed by atoms with Gasteiger partial charge in [-0.1, -0.05) is 97.1 Å². The van der Waals surface area contributed by atoms with Crippen molar-refractivity contribution in [1.29, 1.82) is 0 Å². The highest BCUT2D eigenvalue weighted by Gasteiger charge is 2.13. The van der Waals surface area contributed by atoms with Crippen molar-refractivity contribution >= 4 is 64.6 Å². The van der Waals surface area contributed by atoms with Crippen molar-refractivity contribution in [1.82, 2.24) is 0 Å². The van der Waals surface area contributed by atoms with Gasteiger partial charge in [-0.25, -0.2) is 0 Å². The van der Waals surface area contributed by atoms with Crippen molar-refractivity contribution in [3.8, 4) is 0 Å². The van der Waals surface area contributed by atoms with Crippen molar-refractivity contribution in [3.05, 3.63) is 119 Å². The van der Waals surface area contributed by atoms with Crippen LogP contribution in [0.15, 0.2) is 97.1 Å². The van der Waals surface area contributed by atoms with Crippen molar-refractivity contribution in [2.45, 2.75) is 38.5 Å². The largest absolute Gasteiger partial charge is 0.0537 e. The van der Waals surface area contributed by atoms with Crippen molar-refractivity contribution in [2.24, 2.45) is 0 Å². The van der Waals surface area contributed by atoms with Crippen LogP contribution in [0.3, 0.4) is 0 Å². The van der Waals surface area contributed by atoms with E-state index in [9.17, 15) is 0 Å². The fraction of sp³-hybridized carbons (Fsp3) is 0.158. The molecular formula is C38H28. The van der Waals surface area contributed by atoms with Gasteiger partial charge in [0, 0.05) is 0 Å². The Morgan fingerprint density at radius 3 is 0.632 bits per heavy atom. The van der Waals surface area contributed by atoms with Gasteiger partial charge in [-0.05, 0) is 125 Å². The van der Waals surface area contributed by atoms with Crippen molar-refractivity contribution in [3.63, 3.8) is 0 Å². The standard InChI is InChI=1S/C38H28/c1-3-23-15-27-7-11-31-19-25(20-32-12-8-28(16-23)35(27)37(31)32)5-2-6-26-21-33-13-9-29-17-24(4-1)18-30-10-14-34(22-26)38(33)36(29)30/h7-22H,1-6H2. The lowest BCUT2D eigenvalue weighted by Crippen LogP contribution is -1.95. The minimum absolute atomic E-state index is 1.11. The molecule has 0 saturated carbocycles. The van der Waals surface area contributed by atoms with Crippen LogP contribution in [0.4, 0.5) is 0 Å². The summed E-state index contributed by atoms with van der Waals surface area (Å²) in [6.45, 7) is 0. The average Bonchev–Trinajstić information content (AvgIpc) is 2.94. The maximum Gasteiger partial charge on any atom is -0.00266 e. The highest BCUT2D eigenvalue weighted by molar-refractivity contribution is 6.24. The van der Waals surface area contributed by atoms with Gasteiger partial charge in [-0.2, -0.15) is 0 Å². The Bertz CT molecular complexity index is 1730. The Balaban J connectivity index is 1.25. The number of benzene rings is 8. The third-order valence-corrected chi connectivity index (χ3v) is 9.17. The number of aryl methyl sites for hydroxylation is 4. The Morgan fingerprint density at radius 2 is 0.447 bits per heavy atom. The van der Waals surface area contributed by atoms with Gasteiger partial charge in [0.1, 0.15) is 0 Å². The lowest BCUT2D eigenvalue weighted by atomic mass is 9.88. The number of rotatable bonds is 0. The molecule has 16 bridgehead atoms. The average molecular weight is 485 g/mol. The minimum Gasteiger partial charge on any atom is -0.0537 e. The highest BCUT2D eigenvalue weighted by atomic mass is 14.2. The molecule has 11 aliphatic carbocycles. The smallest absolute Gasteiger partial charge is 0.00266 e. The molecule has 0 saturated heterocycles. The monoisotopic (exact) mass is 484 g/mol. The quantitative estimate of drug-likeness (QED) is 0.188. The zero-order chi connectivity index (χ0) is 24.8. The number of hydrogen-bond donors (Lipinski definition) is 0. The molecule has 0 radical (unpaired) electrons. The molecule has 0 heteroatoms. The molecule has 0 atom stereocenters. The summed E-state index contributed by atoms with van der Waals surface area (Å²) in [5, 5.41) is 16.8. The maximum atomic E-state index is 2.44. The lowest BCUT2D eigenvalue weighted by Gasteiger charge is -2.16. The molecule has 8 aromatic carbocycles. The fourth-order valence-electron chi connectivity index (χ4n) is 7.50. The zero-order valence-electron chi connectivity index (χ0n) is 21.5. The first-order valence-electron chi connectivity index (χ1n) is 14.2. The van der Waals surface area contributed by atoms with Crippen LogP contribution >= 0.6 is 0 Å². The van der Waals surface area contributed by atoms with Gasteiger partial charge in [0.05, 0.1) is 0 Å². The zero-order valence-corrected chi connectivity index (χ0v) is 21.5. The van der Waals surface area contributed by atoms with E-state index in [1.54, 1.807) is 0 Å². The van der Waals surface area contributed by atoms with E-state index in [0.717, 1.165) is 38.5 Å². The summed E-state index contributed by atoms with van der Waals surface area (Å²) >= 11 is 0. The molecule has 0 N–H and O–H groups in total. The molecule has 0 fully saturated rings. The van der Waals surface area contributed by atoms with Crippen LogP contribution in [0.5, 0.6) is 0 Å². The molecule has 0 unspecified atom stereocenters. The van der Waals surface area contributed by atoms with Gasteiger partial charge in [0.2, 0.25) is 0 Å². The molecule has 8 aromatic rings. The summed E-state index contributed by atoms with van der Waals surface area (Å²) in [6.07, 6.45) is 6.74. The van der Waals surface area contributed by atoms with E-state index >= 15 is 0 Å². The van der Waals surface area contributed by atoms with Crippen LogP contribution in [0.25, 0.3) is 64.6 Å². The molecule has 0 aliphatic heterocycles. The molecule has 19 rings (SSSR count). The first kappa shape index (κ1) is 20.8. The Labute approximate surface area is 222 Å². The second kappa shape index (κ2) is 7.68. The van der Waals surface area contributed by atoms with Gasteiger partial charge in [-0.15, -0.1) is 0 Å². The lowest BCUT2D eigenvalue weighted by molar-refractivity contribution is 0.823.